The van der Waals surface area contributed by atoms with Gasteiger partial charge >= 0.3 is 0 Å². The Morgan fingerprint density at radius 1 is 1.17 bits per heavy atom. The zero-order chi connectivity index (χ0) is 8.55. The van der Waals surface area contributed by atoms with Gasteiger partial charge in [0.2, 0.25) is 0 Å². The molecule has 0 radical (unpaired) electrons. The van der Waals surface area contributed by atoms with E-state index in [1.54, 1.807) is 0 Å². The number of alkyl halides is 1. The molecule has 0 aromatic carbocycles. The Bertz CT molecular complexity index is 190. The van der Waals surface area contributed by atoms with E-state index in [1.165, 1.54) is 25.7 Å². The average Bonchev–Trinajstić information content (AvgIpc) is 2.07. The van der Waals surface area contributed by atoms with Crippen LogP contribution in [-0.2, 0) is 4.79 Å². The minimum atomic E-state index is 0.178. The molecule has 0 amide bonds. The summed E-state index contributed by atoms with van der Waals surface area (Å²) in [4.78, 5) is 11.6. The summed E-state index contributed by atoms with van der Waals surface area (Å²) in [7, 11) is 0. The summed E-state index contributed by atoms with van der Waals surface area (Å²) < 4.78 is 0. The summed E-state index contributed by atoms with van der Waals surface area (Å²) in [6, 6.07) is 0. The first-order valence-corrected chi connectivity index (χ1v) is 5.85. The normalized spacial score (nSPS) is 42.4. The fourth-order valence-corrected chi connectivity index (χ4v) is 3.31. The highest BCUT2D eigenvalue weighted by Crippen LogP contribution is 2.40. The van der Waals surface area contributed by atoms with Gasteiger partial charge in [0.25, 0.3) is 0 Å². The maximum atomic E-state index is 11.4. The molecule has 0 aliphatic heterocycles. The molecule has 3 atom stereocenters. The number of ketones is 1. The van der Waals surface area contributed by atoms with E-state index in [1.807, 2.05) is 0 Å². The molecule has 0 aromatic heterocycles. The molecule has 0 heterocycles. The molecule has 0 aromatic rings. The number of hydrogen-bond donors (Lipinski definition) is 0. The van der Waals surface area contributed by atoms with Crippen LogP contribution >= 0.6 is 15.9 Å². The first-order chi connectivity index (χ1) is 5.77. The van der Waals surface area contributed by atoms with E-state index < -0.39 is 0 Å². The van der Waals surface area contributed by atoms with Crippen molar-refractivity contribution in [3.63, 3.8) is 0 Å². The highest BCUT2D eigenvalue weighted by Gasteiger charge is 2.35. The zero-order valence-electron chi connectivity index (χ0n) is 7.26. The molecule has 2 saturated carbocycles. The smallest absolute Gasteiger partial charge is 0.146 e. The third-order valence-electron chi connectivity index (χ3n) is 3.39. The predicted octanol–water partition coefficient (Wildman–Crippen LogP) is 2.92. The Morgan fingerprint density at radius 3 is 2.58 bits per heavy atom. The van der Waals surface area contributed by atoms with Crippen LogP contribution in [0, 0.1) is 11.8 Å². The van der Waals surface area contributed by atoms with E-state index in [-0.39, 0.29) is 4.83 Å². The van der Waals surface area contributed by atoms with Crippen molar-refractivity contribution in [3.8, 4) is 0 Å². The van der Waals surface area contributed by atoms with Crippen LogP contribution in [-0.4, -0.2) is 10.6 Å². The molecule has 2 aliphatic carbocycles. The summed E-state index contributed by atoms with van der Waals surface area (Å²) in [5, 5.41) is 0. The Kier molecular flexibility index (Phi) is 2.54. The second-order valence-electron chi connectivity index (χ2n) is 4.18. The molecule has 0 N–H and O–H groups in total. The lowest BCUT2D eigenvalue weighted by atomic mass is 9.70. The van der Waals surface area contributed by atoms with E-state index in [9.17, 15) is 4.79 Å². The summed E-state index contributed by atoms with van der Waals surface area (Å²) in [6.45, 7) is 0. The molecule has 0 saturated heterocycles. The lowest BCUT2D eigenvalue weighted by Gasteiger charge is -2.36. The summed E-state index contributed by atoms with van der Waals surface area (Å²) in [5.41, 5.74) is 0. The Morgan fingerprint density at radius 2 is 1.83 bits per heavy atom. The van der Waals surface area contributed by atoms with E-state index in [0.29, 0.717) is 5.78 Å². The van der Waals surface area contributed by atoms with Crippen molar-refractivity contribution in [1.82, 2.24) is 0 Å². The maximum Gasteiger partial charge on any atom is 0.146 e. The summed E-state index contributed by atoms with van der Waals surface area (Å²) >= 11 is 3.47. The van der Waals surface area contributed by atoms with Crippen LogP contribution in [0.3, 0.4) is 0 Å². The number of carbonyl (C=O) groups excluding carboxylic acids is 1. The molecule has 2 heteroatoms. The van der Waals surface area contributed by atoms with Gasteiger partial charge in [-0.05, 0) is 24.7 Å². The molecule has 0 unspecified atom stereocenters. The van der Waals surface area contributed by atoms with Gasteiger partial charge in [0.05, 0.1) is 4.83 Å². The van der Waals surface area contributed by atoms with Gasteiger partial charge in [-0.1, -0.05) is 35.2 Å². The van der Waals surface area contributed by atoms with Crippen LogP contribution in [0.2, 0.25) is 0 Å². The topological polar surface area (TPSA) is 17.1 Å². The highest BCUT2D eigenvalue weighted by atomic mass is 79.9. The number of fused-ring (bicyclic) bond motifs is 1. The van der Waals surface area contributed by atoms with Gasteiger partial charge < -0.3 is 0 Å². The Hall–Kier alpha value is 0.150. The molecular formula is C10H15BrO. The molecular weight excluding hydrogens is 216 g/mol. The average molecular weight is 231 g/mol. The van der Waals surface area contributed by atoms with Gasteiger partial charge in [-0.15, -0.1) is 0 Å². The van der Waals surface area contributed by atoms with Gasteiger partial charge in [0, 0.05) is 6.42 Å². The van der Waals surface area contributed by atoms with Crippen LogP contribution in [0.15, 0.2) is 0 Å². The molecule has 0 spiro atoms. The van der Waals surface area contributed by atoms with Crippen molar-refractivity contribution >= 4 is 21.7 Å². The van der Waals surface area contributed by atoms with Gasteiger partial charge in [0.15, 0.2) is 0 Å². The van der Waals surface area contributed by atoms with Crippen molar-refractivity contribution in [2.24, 2.45) is 11.8 Å². The van der Waals surface area contributed by atoms with Crippen molar-refractivity contribution in [2.45, 2.75) is 43.4 Å². The first-order valence-electron chi connectivity index (χ1n) is 4.94. The number of hydrogen-bond acceptors (Lipinski definition) is 1. The second-order valence-corrected chi connectivity index (χ2v) is 5.28. The molecule has 68 valence electrons. The van der Waals surface area contributed by atoms with Crippen molar-refractivity contribution in [3.05, 3.63) is 0 Å². The lowest BCUT2D eigenvalue weighted by molar-refractivity contribution is -0.122. The van der Waals surface area contributed by atoms with Crippen LogP contribution in [0.5, 0.6) is 0 Å². The Balaban J connectivity index is 2.02. The van der Waals surface area contributed by atoms with Crippen molar-refractivity contribution in [2.75, 3.05) is 0 Å². The zero-order valence-corrected chi connectivity index (χ0v) is 8.85. The third-order valence-corrected chi connectivity index (χ3v) is 4.27. The molecule has 2 fully saturated rings. The number of carbonyl (C=O) groups is 1. The van der Waals surface area contributed by atoms with E-state index in [2.05, 4.69) is 15.9 Å². The number of Topliss-reactive ketones (excluding diaryl/α,β-unsaturated/α-hetero) is 1. The quantitative estimate of drug-likeness (QED) is 0.586. The van der Waals surface area contributed by atoms with Crippen molar-refractivity contribution in [1.29, 1.82) is 0 Å². The van der Waals surface area contributed by atoms with E-state index in [0.717, 1.165) is 24.7 Å². The van der Waals surface area contributed by atoms with Gasteiger partial charge in [-0.3, -0.25) is 4.79 Å². The minimum absolute atomic E-state index is 0.178. The lowest BCUT2D eigenvalue weighted by Crippen LogP contribution is -2.34. The maximum absolute atomic E-state index is 11.4. The minimum Gasteiger partial charge on any atom is -0.298 e. The van der Waals surface area contributed by atoms with Crippen LogP contribution < -0.4 is 0 Å². The SMILES string of the molecule is O=C1C[C@H]2CCCC[C@H]2C[C@H]1Br. The third kappa shape index (κ3) is 1.59. The fraction of sp³-hybridized carbons (Fsp3) is 0.900. The number of rotatable bonds is 0. The summed E-state index contributed by atoms with van der Waals surface area (Å²) in [6.07, 6.45) is 7.34. The molecule has 2 aliphatic rings. The van der Waals surface area contributed by atoms with E-state index in [4.69, 9.17) is 0 Å². The van der Waals surface area contributed by atoms with Gasteiger partial charge in [-0.25, -0.2) is 0 Å². The molecule has 2 rings (SSSR count). The van der Waals surface area contributed by atoms with Crippen LogP contribution in [0.25, 0.3) is 0 Å². The first kappa shape index (κ1) is 8.74. The highest BCUT2D eigenvalue weighted by molar-refractivity contribution is 9.10. The largest absolute Gasteiger partial charge is 0.298 e. The van der Waals surface area contributed by atoms with Crippen LogP contribution in [0.1, 0.15) is 38.5 Å². The van der Waals surface area contributed by atoms with Gasteiger partial charge in [0.1, 0.15) is 5.78 Å². The van der Waals surface area contributed by atoms with Gasteiger partial charge in [-0.2, -0.15) is 0 Å². The predicted molar refractivity (Wildman–Crippen MR) is 52.4 cm³/mol. The fourth-order valence-electron chi connectivity index (χ4n) is 2.65. The molecule has 1 nitrogen and oxygen atoms in total. The summed E-state index contributed by atoms with van der Waals surface area (Å²) in [5.74, 6) is 2.03. The molecule has 12 heavy (non-hydrogen) atoms. The number of halogens is 1. The van der Waals surface area contributed by atoms with E-state index >= 15 is 0 Å². The van der Waals surface area contributed by atoms with Crippen LogP contribution in [0.4, 0.5) is 0 Å². The van der Waals surface area contributed by atoms with Crippen molar-refractivity contribution < 1.29 is 4.79 Å². The second kappa shape index (κ2) is 3.49. The molecule has 0 bridgehead atoms. The Labute approximate surface area is 82.0 Å². The standard InChI is InChI=1S/C10H15BrO/c11-9-5-7-3-1-2-4-8(7)6-10(9)12/h7-9H,1-6H2/t7-,8+,9+/m0/s1. The monoisotopic (exact) mass is 230 g/mol.